The third-order valence-corrected chi connectivity index (χ3v) is 5.62. The van der Waals surface area contributed by atoms with Crippen molar-refractivity contribution in [1.29, 1.82) is 0 Å². The second kappa shape index (κ2) is 10.3. The van der Waals surface area contributed by atoms with E-state index in [0.29, 0.717) is 22.4 Å². The van der Waals surface area contributed by atoms with Crippen LogP contribution < -0.4 is 11.1 Å². The Hall–Kier alpha value is -4.03. The van der Waals surface area contributed by atoms with Crippen molar-refractivity contribution < 1.29 is 17.1 Å². The number of anilines is 1. The number of esters is 1. The molecule has 3 aromatic carbocycles. The average molecular weight is 456 g/mol. The number of fused-ring (bicyclic) bond motifs is 1. The van der Waals surface area contributed by atoms with Gasteiger partial charge in [0.25, 0.3) is 0 Å². The fraction of sp³-hybridized carbons (Fsp3) is 0.179. The van der Waals surface area contributed by atoms with Gasteiger partial charge in [0.15, 0.2) is 0 Å². The molecule has 172 valence electrons. The Balaban J connectivity index is 1.46. The highest BCUT2D eigenvalue weighted by Gasteiger charge is 2.19. The van der Waals surface area contributed by atoms with Gasteiger partial charge < -0.3 is 15.8 Å². The van der Waals surface area contributed by atoms with Gasteiger partial charge in [-0.05, 0) is 60.2 Å². The smallest absolute Gasteiger partial charge is 0.338 e. The number of ether oxygens (including phenoxy) is 1. The summed E-state index contributed by atoms with van der Waals surface area (Å²) in [5.74, 6) is -2.24. The van der Waals surface area contributed by atoms with Crippen molar-refractivity contribution >= 4 is 28.3 Å². The van der Waals surface area contributed by atoms with Crippen LogP contribution in [0.5, 0.6) is 0 Å². The van der Waals surface area contributed by atoms with Crippen molar-refractivity contribution in [1.82, 2.24) is 4.98 Å². The number of hydrogen-bond acceptors (Lipinski definition) is 5. The van der Waals surface area contributed by atoms with Gasteiger partial charge in [-0.15, -0.1) is 0 Å². The Bertz CT molecular complexity index is 1420. The lowest BCUT2D eigenvalue weighted by Crippen LogP contribution is -2.27. The van der Waals surface area contributed by atoms with Gasteiger partial charge >= 0.3 is 5.97 Å². The van der Waals surface area contributed by atoms with E-state index in [1.165, 1.54) is 0 Å². The summed E-state index contributed by atoms with van der Waals surface area (Å²) in [7, 11) is 0. The summed E-state index contributed by atoms with van der Waals surface area (Å²) in [6.07, 6.45) is 3.39. The number of carbonyl (C=O) groups is 2. The molecule has 0 saturated heterocycles. The molecule has 3 N–H and O–H groups in total. The summed E-state index contributed by atoms with van der Waals surface area (Å²) in [4.78, 5) is 29.6. The molecule has 0 saturated carbocycles. The molecule has 34 heavy (non-hydrogen) atoms. The van der Waals surface area contributed by atoms with E-state index in [2.05, 4.69) is 10.3 Å². The first-order chi connectivity index (χ1) is 17.1. The lowest BCUT2D eigenvalue weighted by atomic mass is 9.97. The van der Waals surface area contributed by atoms with Gasteiger partial charge in [-0.2, -0.15) is 0 Å². The number of rotatable bonds is 7. The summed E-state index contributed by atoms with van der Waals surface area (Å²) in [6, 6.07) is 19.4. The van der Waals surface area contributed by atoms with Gasteiger partial charge in [-0.3, -0.25) is 9.78 Å². The predicted octanol–water partition coefficient (Wildman–Crippen LogP) is 4.89. The lowest BCUT2D eigenvalue weighted by molar-refractivity contribution is -0.117. The molecule has 6 heteroatoms. The van der Waals surface area contributed by atoms with Crippen molar-refractivity contribution in [2.75, 3.05) is 11.8 Å². The minimum Gasteiger partial charge on any atom is -0.457 e. The van der Waals surface area contributed by atoms with E-state index in [9.17, 15) is 9.59 Å². The number of aromatic nitrogens is 1. The third kappa shape index (κ3) is 5.30. The van der Waals surface area contributed by atoms with E-state index in [-0.39, 0.29) is 6.61 Å². The van der Waals surface area contributed by atoms with Crippen LogP contribution in [0, 0.1) is 13.8 Å². The van der Waals surface area contributed by atoms with Gasteiger partial charge in [0.2, 0.25) is 5.91 Å². The Morgan fingerprint density at radius 3 is 2.56 bits per heavy atom. The van der Waals surface area contributed by atoms with Crippen molar-refractivity contribution in [3.8, 4) is 0 Å². The largest absolute Gasteiger partial charge is 0.457 e. The predicted molar refractivity (Wildman–Crippen MR) is 134 cm³/mol. The van der Waals surface area contributed by atoms with E-state index in [4.69, 9.17) is 13.2 Å². The zero-order valence-corrected chi connectivity index (χ0v) is 19.0. The third-order valence-electron chi connectivity index (χ3n) is 5.62. The quantitative estimate of drug-likeness (QED) is 0.387. The molecule has 0 unspecified atom stereocenters. The van der Waals surface area contributed by atoms with Crippen LogP contribution in [0.1, 0.15) is 41.3 Å². The van der Waals surface area contributed by atoms with Crippen molar-refractivity contribution in [3.05, 3.63) is 107 Å². The fourth-order valence-corrected chi connectivity index (χ4v) is 3.77. The molecule has 4 aromatic rings. The van der Waals surface area contributed by atoms with E-state index in [1.807, 2.05) is 38.1 Å². The first-order valence-electron chi connectivity index (χ1n) is 11.9. The lowest BCUT2D eigenvalue weighted by Gasteiger charge is -2.16. The van der Waals surface area contributed by atoms with Gasteiger partial charge in [-0.1, -0.05) is 48.0 Å². The topological polar surface area (TPSA) is 94.3 Å². The summed E-state index contributed by atoms with van der Waals surface area (Å²) >= 11 is 0. The zero-order chi connectivity index (χ0) is 25.9. The summed E-state index contributed by atoms with van der Waals surface area (Å²) in [5.41, 5.74) is 9.84. The number of nitrogens with one attached hydrogen (secondary N) is 1. The highest BCUT2D eigenvalue weighted by Crippen LogP contribution is 2.22. The zero-order valence-electron chi connectivity index (χ0n) is 21.0. The van der Waals surface area contributed by atoms with Crippen LogP contribution in [0.25, 0.3) is 10.8 Å². The molecule has 4 rings (SSSR count). The summed E-state index contributed by atoms with van der Waals surface area (Å²) in [5, 5.41) is 4.60. The molecule has 1 atom stereocenters. The molecule has 0 spiro atoms. The summed E-state index contributed by atoms with van der Waals surface area (Å²) < 4.78 is 21.6. The van der Waals surface area contributed by atoms with Crippen LogP contribution in [0.2, 0.25) is 0 Å². The highest BCUT2D eigenvalue weighted by molar-refractivity contribution is 5.98. The first-order valence-corrected chi connectivity index (χ1v) is 10.9. The maximum absolute atomic E-state index is 13.1. The monoisotopic (exact) mass is 455 g/mol. The molecule has 0 bridgehead atoms. The number of aryl methyl sites for hydroxylation is 2. The Kier molecular flexibility index (Phi) is 6.21. The molecule has 6 nitrogen and oxygen atoms in total. The standard InChI is InChI=1S/C28H27N3O3/c1-18-3-10-25(19(2)13-18)28(33)34-17-20-4-6-21(7-5-20)26(15-29)27(32)31-24-9-8-23-16-30-12-11-22(23)14-24/h3-14,16,26H,15,17,29H2,1-2H3,(H,31,32)/t26-/m1/s1/i15D2. The second-order valence-electron chi connectivity index (χ2n) is 8.16. The Morgan fingerprint density at radius 1 is 1.03 bits per heavy atom. The molecule has 0 aliphatic carbocycles. The second-order valence-corrected chi connectivity index (χ2v) is 8.16. The van der Waals surface area contributed by atoms with Gasteiger partial charge in [0.05, 0.1) is 11.5 Å². The van der Waals surface area contributed by atoms with Crippen LogP contribution >= 0.6 is 0 Å². The molecular weight excluding hydrogens is 426 g/mol. The van der Waals surface area contributed by atoms with E-state index < -0.39 is 24.3 Å². The molecule has 0 aliphatic heterocycles. The van der Waals surface area contributed by atoms with Crippen LogP contribution in [0.15, 0.2) is 79.1 Å². The van der Waals surface area contributed by atoms with E-state index in [1.54, 1.807) is 54.9 Å². The highest BCUT2D eigenvalue weighted by atomic mass is 16.5. The van der Waals surface area contributed by atoms with Gasteiger partial charge in [0, 0.05) is 32.7 Å². The Morgan fingerprint density at radius 2 is 1.82 bits per heavy atom. The van der Waals surface area contributed by atoms with Crippen LogP contribution in [0.3, 0.4) is 0 Å². The van der Waals surface area contributed by atoms with Gasteiger partial charge in [0.1, 0.15) is 6.61 Å². The van der Waals surface area contributed by atoms with Crippen molar-refractivity contribution in [3.63, 3.8) is 0 Å². The molecule has 1 aromatic heterocycles. The summed E-state index contributed by atoms with van der Waals surface area (Å²) in [6.45, 7) is 1.56. The van der Waals surface area contributed by atoms with Crippen molar-refractivity contribution in [2.24, 2.45) is 5.73 Å². The number of carbonyl (C=O) groups excluding carboxylic acids is 2. The number of nitrogens with two attached hydrogens (primary N) is 1. The first kappa shape index (κ1) is 20.6. The Labute approximate surface area is 201 Å². The van der Waals surface area contributed by atoms with E-state index >= 15 is 0 Å². The molecule has 0 radical (unpaired) electrons. The molecule has 0 aliphatic rings. The SMILES string of the molecule is [2H]C([2H])(N)[C@@H](C(=O)Nc1ccc2cnccc2c1)c1ccc(COC(=O)c2ccc(C)cc2C)cc1. The van der Waals surface area contributed by atoms with Crippen LogP contribution in [0.4, 0.5) is 5.69 Å². The molecule has 0 fully saturated rings. The fourth-order valence-electron chi connectivity index (χ4n) is 3.77. The average Bonchev–Trinajstić information content (AvgIpc) is 2.82. The molecule has 1 amide bonds. The number of pyridine rings is 1. The maximum Gasteiger partial charge on any atom is 0.338 e. The minimum atomic E-state index is -2.30. The van der Waals surface area contributed by atoms with Crippen molar-refractivity contribution in [2.45, 2.75) is 26.4 Å². The number of amides is 1. The number of nitrogens with zero attached hydrogens (tertiary/aromatic N) is 1. The van der Waals surface area contributed by atoms with E-state index in [0.717, 1.165) is 21.9 Å². The van der Waals surface area contributed by atoms with Crippen LogP contribution in [-0.2, 0) is 16.1 Å². The number of benzene rings is 3. The van der Waals surface area contributed by atoms with Gasteiger partial charge in [-0.25, -0.2) is 4.79 Å². The maximum atomic E-state index is 13.1. The minimum absolute atomic E-state index is 0.0464. The molecule has 1 heterocycles. The molecular formula is C28H27N3O3. The normalized spacial score (nSPS) is 13.0. The number of hydrogen-bond donors (Lipinski definition) is 2. The van der Waals surface area contributed by atoms with Crippen LogP contribution in [-0.4, -0.2) is 23.4 Å².